The SMILES string of the molecule is C=CCN(CCCC)C(=O)C1N([C@@H](CO)CC(C)C)C(=O)[C@@H]2[C@H](C(=O)O)[C@H]3OC12CC3Br. The number of halogens is 1. The van der Waals surface area contributed by atoms with Crippen molar-refractivity contribution >= 4 is 33.7 Å². The molecule has 3 saturated heterocycles. The van der Waals surface area contributed by atoms with Crippen LogP contribution in [-0.2, 0) is 19.1 Å². The number of carbonyl (C=O) groups excluding carboxylic acids is 2. The summed E-state index contributed by atoms with van der Waals surface area (Å²) in [7, 11) is 0. The van der Waals surface area contributed by atoms with E-state index >= 15 is 0 Å². The van der Waals surface area contributed by atoms with Gasteiger partial charge in [-0.3, -0.25) is 14.4 Å². The van der Waals surface area contributed by atoms with Gasteiger partial charge in [-0.05, 0) is 25.2 Å². The van der Waals surface area contributed by atoms with Crippen molar-refractivity contribution in [3.05, 3.63) is 12.7 Å². The van der Waals surface area contributed by atoms with Crippen LogP contribution in [0.25, 0.3) is 0 Å². The molecule has 2 N–H and O–H groups in total. The number of fused-ring (bicyclic) bond motifs is 1. The molecule has 0 aromatic carbocycles. The van der Waals surface area contributed by atoms with Gasteiger partial charge in [-0.25, -0.2) is 0 Å². The summed E-state index contributed by atoms with van der Waals surface area (Å²) >= 11 is 3.55. The normalized spacial score (nSPS) is 34.1. The van der Waals surface area contributed by atoms with E-state index in [4.69, 9.17) is 4.74 Å². The average molecular weight is 515 g/mol. The van der Waals surface area contributed by atoms with E-state index in [0.29, 0.717) is 25.9 Å². The molecule has 3 fully saturated rings. The van der Waals surface area contributed by atoms with Crippen LogP contribution in [0.4, 0.5) is 0 Å². The number of likely N-dealkylation sites (tertiary alicyclic amines) is 1. The number of alkyl halides is 1. The second-order valence-corrected chi connectivity index (χ2v) is 10.8. The van der Waals surface area contributed by atoms with Crippen LogP contribution < -0.4 is 0 Å². The van der Waals surface area contributed by atoms with E-state index in [1.807, 2.05) is 20.8 Å². The van der Waals surface area contributed by atoms with E-state index < -0.39 is 47.5 Å². The Balaban J connectivity index is 2.10. The molecule has 2 bridgehead atoms. The highest BCUT2D eigenvalue weighted by Gasteiger charge is 2.77. The maximum atomic E-state index is 14.0. The first-order valence-electron chi connectivity index (χ1n) is 11.5. The number of carboxylic acid groups (broad SMARTS) is 1. The summed E-state index contributed by atoms with van der Waals surface area (Å²) in [6, 6.07) is -1.55. The summed E-state index contributed by atoms with van der Waals surface area (Å²) in [4.78, 5) is 42.8. The molecule has 3 heterocycles. The van der Waals surface area contributed by atoms with Crippen molar-refractivity contribution in [2.24, 2.45) is 17.8 Å². The zero-order valence-corrected chi connectivity index (χ0v) is 20.7. The number of hydrogen-bond donors (Lipinski definition) is 2. The molecule has 32 heavy (non-hydrogen) atoms. The molecule has 0 radical (unpaired) electrons. The number of rotatable bonds is 11. The first-order chi connectivity index (χ1) is 15.1. The standard InChI is InChI=1S/C23H35BrN2O6/c1-5-7-9-25(8-6-2)21(29)19-23-11-15(24)18(32-23)16(22(30)31)17(23)20(28)26(19)14(12-27)10-13(3)4/h6,13-19,27H,2,5,7-12H2,1,3-4H3,(H,30,31)/t14-,15?,16+,17+,18+,19?,23?/m1/s1. The van der Waals surface area contributed by atoms with Gasteiger partial charge in [0.25, 0.3) is 0 Å². The molecule has 3 aliphatic rings. The number of unbranched alkanes of at least 4 members (excludes halogenated alkanes) is 1. The van der Waals surface area contributed by atoms with Gasteiger partial charge in [0.1, 0.15) is 11.6 Å². The molecule has 3 rings (SSSR count). The number of aliphatic hydroxyl groups is 1. The van der Waals surface area contributed by atoms with E-state index in [2.05, 4.69) is 22.5 Å². The fourth-order valence-electron chi connectivity index (χ4n) is 5.81. The van der Waals surface area contributed by atoms with Crippen LogP contribution in [0.2, 0.25) is 0 Å². The number of aliphatic carboxylic acids is 1. The Morgan fingerprint density at radius 2 is 2.12 bits per heavy atom. The van der Waals surface area contributed by atoms with Gasteiger partial charge >= 0.3 is 5.97 Å². The lowest BCUT2D eigenvalue weighted by molar-refractivity contribution is -0.153. The van der Waals surface area contributed by atoms with Gasteiger partial charge in [0.2, 0.25) is 11.8 Å². The Morgan fingerprint density at radius 1 is 1.44 bits per heavy atom. The van der Waals surface area contributed by atoms with Crippen molar-refractivity contribution in [1.82, 2.24) is 9.80 Å². The summed E-state index contributed by atoms with van der Waals surface area (Å²) < 4.78 is 6.29. The topological polar surface area (TPSA) is 107 Å². The van der Waals surface area contributed by atoms with Crippen LogP contribution in [0.3, 0.4) is 0 Å². The fraction of sp³-hybridized carbons (Fsp3) is 0.783. The Labute approximate surface area is 198 Å². The van der Waals surface area contributed by atoms with Crippen molar-refractivity contribution in [2.75, 3.05) is 19.7 Å². The van der Waals surface area contributed by atoms with Crippen molar-refractivity contribution < 1.29 is 29.3 Å². The lowest BCUT2D eigenvalue weighted by atomic mass is 9.70. The van der Waals surface area contributed by atoms with Crippen molar-refractivity contribution in [2.45, 2.75) is 75.1 Å². The third kappa shape index (κ3) is 4.01. The minimum atomic E-state index is -1.22. The van der Waals surface area contributed by atoms with Crippen LogP contribution in [0, 0.1) is 17.8 Å². The summed E-state index contributed by atoms with van der Waals surface area (Å²) in [5.74, 6) is -3.54. The molecule has 0 aliphatic carbocycles. The maximum Gasteiger partial charge on any atom is 0.310 e. The molecule has 0 aromatic heterocycles. The molecule has 3 unspecified atom stereocenters. The predicted molar refractivity (Wildman–Crippen MR) is 122 cm³/mol. The van der Waals surface area contributed by atoms with E-state index in [1.54, 1.807) is 11.0 Å². The van der Waals surface area contributed by atoms with Gasteiger partial charge in [-0.2, -0.15) is 0 Å². The Morgan fingerprint density at radius 3 is 2.66 bits per heavy atom. The first kappa shape index (κ1) is 25.2. The third-order valence-corrected chi connectivity index (χ3v) is 7.88. The van der Waals surface area contributed by atoms with Gasteiger partial charge in [-0.1, -0.05) is 49.2 Å². The summed E-state index contributed by atoms with van der Waals surface area (Å²) in [6.07, 6.45) is 3.57. The van der Waals surface area contributed by atoms with Gasteiger partial charge < -0.3 is 24.7 Å². The van der Waals surface area contributed by atoms with Gasteiger partial charge in [0, 0.05) is 17.9 Å². The number of nitrogens with zero attached hydrogens (tertiary/aromatic N) is 2. The highest BCUT2D eigenvalue weighted by molar-refractivity contribution is 9.09. The summed E-state index contributed by atoms with van der Waals surface area (Å²) in [6.45, 7) is 10.3. The van der Waals surface area contributed by atoms with Crippen molar-refractivity contribution in [3.8, 4) is 0 Å². The molecular formula is C23H35BrN2O6. The predicted octanol–water partition coefficient (Wildman–Crippen LogP) is 2.04. The monoisotopic (exact) mass is 514 g/mol. The van der Waals surface area contributed by atoms with Gasteiger partial charge in [0.15, 0.2) is 0 Å². The summed E-state index contributed by atoms with van der Waals surface area (Å²) in [5, 5.41) is 20.1. The molecule has 0 saturated carbocycles. The highest BCUT2D eigenvalue weighted by Crippen LogP contribution is 2.60. The first-order valence-corrected chi connectivity index (χ1v) is 12.4. The number of amides is 2. The van der Waals surface area contributed by atoms with Gasteiger partial charge in [0.05, 0.1) is 30.6 Å². The number of carbonyl (C=O) groups is 3. The van der Waals surface area contributed by atoms with Crippen LogP contribution in [0.1, 0.15) is 46.5 Å². The number of aliphatic hydroxyl groups excluding tert-OH is 1. The number of hydrogen-bond acceptors (Lipinski definition) is 5. The molecule has 2 amide bonds. The van der Waals surface area contributed by atoms with Crippen LogP contribution in [0.15, 0.2) is 12.7 Å². The molecule has 9 heteroatoms. The Hall–Kier alpha value is -1.45. The van der Waals surface area contributed by atoms with E-state index in [0.717, 1.165) is 12.8 Å². The van der Waals surface area contributed by atoms with E-state index in [-0.39, 0.29) is 23.3 Å². The molecular weight excluding hydrogens is 480 g/mol. The Kier molecular flexibility index (Phi) is 7.72. The molecule has 0 aromatic rings. The fourth-order valence-corrected chi connectivity index (χ4v) is 6.75. The van der Waals surface area contributed by atoms with Crippen molar-refractivity contribution in [1.29, 1.82) is 0 Å². The van der Waals surface area contributed by atoms with Crippen LogP contribution in [-0.4, -0.2) is 86.1 Å². The lowest BCUT2D eigenvalue weighted by Gasteiger charge is -2.39. The molecule has 1 spiro atoms. The largest absolute Gasteiger partial charge is 0.481 e. The molecule has 180 valence electrons. The zero-order valence-electron chi connectivity index (χ0n) is 19.1. The maximum absolute atomic E-state index is 14.0. The van der Waals surface area contributed by atoms with E-state index in [9.17, 15) is 24.6 Å². The lowest BCUT2D eigenvalue weighted by Crippen LogP contribution is -2.59. The second kappa shape index (κ2) is 9.81. The third-order valence-electron chi connectivity index (χ3n) is 7.04. The van der Waals surface area contributed by atoms with Gasteiger partial charge in [-0.15, -0.1) is 6.58 Å². The molecule has 8 nitrogen and oxygen atoms in total. The minimum Gasteiger partial charge on any atom is -0.481 e. The summed E-state index contributed by atoms with van der Waals surface area (Å²) in [5.41, 5.74) is -1.22. The smallest absolute Gasteiger partial charge is 0.310 e. The number of carboxylic acids is 1. The second-order valence-electron chi connectivity index (χ2n) is 9.64. The average Bonchev–Trinajstić information content (AvgIpc) is 3.32. The quantitative estimate of drug-likeness (QED) is 0.322. The van der Waals surface area contributed by atoms with Crippen LogP contribution in [0.5, 0.6) is 0 Å². The highest BCUT2D eigenvalue weighted by atomic mass is 79.9. The van der Waals surface area contributed by atoms with E-state index in [1.165, 1.54) is 4.90 Å². The Bertz CT molecular complexity index is 761. The van der Waals surface area contributed by atoms with Crippen molar-refractivity contribution in [3.63, 3.8) is 0 Å². The van der Waals surface area contributed by atoms with Crippen LogP contribution >= 0.6 is 15.9 Å². The minimum absolute atomic E-state index is 0.175. The number of ether oxygens (including phenoxy) is 1. The molecule has 7 atom stereocenters. The molecule has 3 aliphatic heterocycles. The zero-order chi connectivity index (χ0) is 23.8.